The molecule has 0 aromatic carbocycles. The Morgan fingerprint density at radius 1 is 1.53 bits per heavy atom. The van der Waals surface area contributed by atoms with Crippen molar-refractivity contribution in [2.24, 2.45) is 0 Å². The van der Waals surface area contributed by atoms with E-state index in [4.69, 9.17) is 4.74 Å². The molecule has 100 valence electrons. The van der Waals surface area contributed by atoms with Crippen molar-refractivity contribution in [2.45, 2.75) is 51.3 Å². The Hall–Kier alpha value is -0.840. The molecular formula is C12H22FNO3. The summed E-state index contributed by atoms with van der Waals surface area (Å²) in [4.78, 5) is 13.0. The summed E-state index contributed by atoms with van der Waals surface area (Å²) in [6.45, 7) is 5.36. The summed E-state index contributed by atoms with van der Waals surface area (Å²) in [6.07, 6.45) is 1.49. The zero-order valence-electron chi connectivity index (χ0n) is 10.8. The normalized spacial score (nSPS) is 33.6. The second kappa shape index (κ2) is 5.21. The number of amides is 1. The summed E-state index contributed by atoms with van der Waals surface area (Å²) < 4.78 is 19.2. The highest BCUT2D eigenvalue weighted by atomic mass is 19.1. The van der Waals surface area contributed by atoms with Gasteiger partial charge in [-0.05, 0) is 26.7 Å². The number of alkyl halides is 1. The highest BCUT2D eigenvalue weighted by molar-refractivity contribution is 5.68. The van der Waals surface area contributed by atoms with Gasteiger partial charge in [-0.15, -0.1) is 0 Å². The second-order valence-electron chi connectivity index (χ2n) is 5.11. The van der Waals surface area contributed by atoms with Crippen molar-refractivity contribution in [3.8, 4) is 0 Å². The fraction of sp³-hybridized carbons (Fsp3) is 0.917. The van der Waals surface area contributed by atoms with Gasteiger partial charge in [0.05, 0.1) is 18.8 Å². The van der Waals surface area contributed by atoms with E-state index in [-0.39, 0.29) is 13.0 Å². The van der Waals surface area contributed by atoms with Crippen LogP contribution in [0.25, 0.3) is 0 Å². The zero-order chi connectivity index (χ0) is 13.1. The number of carbonyl (C=O) groups is 1. The van der Waals surface area contributed by atoms with Crippen LogP contribution in [0.5, 0.6) is 0 Å². The van der Waals surface area contributed by atoms with Gasteiger partial charge in [0.15, 0.2) is 5.67 Å². The van der Waals surface area contributed by atoms with Gasteiger partial charge < -0.3 is 14.7 Å². The highest BCUT2D eigenvalue weighted by Gasteiger charge is 2.49. The van der Waals surface area contributed by atoms with Gasteiger partial charge in [0.2, 0.25) is 0 Å². The van der Waals surface area contributed by atoms with Gasteiger partial charge in [-0.25, -0.2) is 9.18 Å². The molecule has 0 aliphatic carbocycles. The number of likely N-dealkylation sites (tertiary alicyclic amines) is 1. The molecule has 0 aromatic heterocycles. The van der Waals surface area contributed by atoms with Crippen molar-refractivity contribution in [1.29, 1.82) is 0 Å². The van der Waals surface area contributed by atoms with Crippen molar-refractivity contribution in [1.82, 2.24) is 4.90 Å². The smallest absolute Gasteiger partial charge is 0.409 e. The van der Waals surface area contributed by atoms with Crippen molar-refractivity contribution in [2.75, 3.05) is 19.7 Å². The minimum absolute atomic E-state index is 0.120. The Labute approximate surface area is 102 Å². The molecule has 0 saturated carbocycles. The number of carbonyl (C=O) groups excluding carboxylic acids is 1. The summed E-state index contributed by atoms with van der Waals surface area (Å²) in [6, 6.07) is 0. The van der Waals surface area contributed by atoms with Gasteiger partial charge in [-0.1, -0.05) is 13.3 Å². The van der Waals surface area contributed by atoms with Crippen molar-refractivity contribution in [3.63, 3.8) is 0 Å². The fourth-order valence-electron chi connectivity index (χ4n) is 1.77. The number of rotatable bonds is 3. The molecule has 0 bridgehead atoms. The third-order valence-corrected chi connectivity index (χ3v) is 3.46. The number of hydrogen-bond donors (Lipinski definition) is 1. The van der Waals surface area contributed by atoms with Gasteiger partial charge in [0, 0.05) is 6.54 Å². The van der Waals surface area contributed by atoms with Crippen molar-refractivity contribution >= 4 is 6.09 Å². The lowest BCUT2D eigenvalue weighted by atomic mass is 9.81. The number of nitrogens with zero attached hydrogens (tertiary/aromatic N) is 1. The van der Waals surface area contributed by atoms with Crippen molar-refractivity contribution < 1.29 is 19.0 Å². The van der Waals surface area contributed by atoms with Crippen molar-refractivity contribution in [3.05, 3.63) is 0 Å². The molecule has 1 fully saturated rings. The van der Waals surface area contributed by atoms with E-state index >= 15 is 0 Å². The maximum absolute atomic E-state index is 14.1. The van der Waals surface area contributed by atoms with E-state index in [9.17, 15) is 14.3 Å². The van der Waals surface area contributed by atoms with Crippen LogP contribution < -0.4 is 0 Å². The fourth-order valence-corrected chi connectivity index (χ4v) is 1.77. The molecule has 1 aliphatic heterocycles. The summed E-state index contributed by atoms with van der Waals surface area (Å²) >= 11 is 0. The van der Waals surface area contributed by atoms with E-state index in [1.54, 1.807) is 0 Å². The molecule has 17 heavy (non-hydrogen) atoms. The summed E-state index contributed by atoms with van der Waals surface area (Å²) in [7, 11) is 0. The molecule has 5 heteroatoms. The Morgan fingerprint density at radius 2 is 2.18 bits per heavy atom. The molecule has 1 heterocycles. The highest BCUT2D eigenvalue weighted by Crippen LogP contribution is 2.34. The zero-order valence-corrected chi connectivity index (χ0v) is 10.8. The third-order valence-electron chi connectivity index (χ3n) is 3.46. The molecule has 1 N–H and O–H groups in total. The first kappa shape index (κ1) is 14.2. The molecule has 0 radical (unpaired) electrons. The largest absolute Gasteiger partial charge is 0.449 e. The lowest BCUT2D eigenvalue weighted by Crippen LogP contribution is -2.60. The first-order valence-electron chi connectivity index (χ1n) is 6.13. The predicted octanol–water partition coefficient (Wildman–Crippen LogP) is 2.11. The van der Waals surface area contributed by atoms with E-state index in [2.05, 4.69) is 0 Å². The van der Waals surface area contributed by atoms with Crippen LogP contribution in [-0.4, -0.2) is 47.1 Å². The van der Waals surface area contributed by atoms with Gasteiger partial charge in [0.1, 0.15) is 0 Å². The molecule has 4 nitrogen and oxygen atoms in total. The minimum atomic E-state index is -1.80. The molecule has 2 unspecified atom stereocenters. The Morgan fingerprint density at radius 3 is 2.71 bits per heavy atom. The summed E-state index contributed by atoms with van der Waals surface area (Å²) in [5.74, 6) is 0. The Kier molecular flexibility index (Phi) is 4.36. The number of piperidine rings is 1. The van der Waals surface area contributed by atoms with Crippen LogP contribution >= 0.6 is 0 Å². The summed E-state index contributed by atoms with van der Waals surface area (Å²) in [5.41, 5.74) is -3.18. The van der Waals surface area contributed by atoms with Crippen LogP contribution in [-0.2, 0) is 4.74 Å². The molecule has 2 atom stereocenters. The predicted molar refractivity (Wildman–Crippen MR) is 62.6 cm³/mol. The lowest BCUT2D eigenvalue weighted by molar-refractivity contribution is -0.123. The Balaban J connectivity index is 2.50. The van der Waals surface area contributed by atoms with Crippen LogP contribution in [0.4, 0.5) is 9.18 Å². The van der Waals surface area contributed by atoms with Gasteiger partial charge in [-0.3, -0.25) is 0 Å². The molecule has 1 aliphatic rings. The number of unbranched alkanes of at least 4 members (excludes halogenated alkanes) is 1. The average molecular weight is 247 g/mol. The topological polar surface area (TPSA) is 49.8 Å². The van der Waals surface area contributed by atoms with Crippen LogP contribution in [0.1, 0.15) is 40.0 Å². The number of hydrogen-bond acceptors (Lipinski definition) is 3. The van der Waals surface area contributed by atoms with Crippen LogP contribution in [0, 0.1) is 0 Å². The van der Waals surface area contributed by atoms with E-state index < -0.39 is 17.4 Å². The average Bonchev–Trinajstić information content (AvgIpc) is 2.22. The van der Waals surface area contributed by atoms with E-state index in [0.717, 1.165) is 12.8 Å². The van der Waals surface area contributed by atoms with Crippen LogP contribution in [0.15, 0.2) is 0 Å². The first-order valence-corrected chi connectivity index (χ1v) is 6.13. The van der Waals surface area contributed by atoms with Crippen LogP contribution in [0.3, 0.4) is 0 Å². The number of aliphatic hydroxyl groups is 1. The van der Waals surface area contributed by atoms with E-state index in [1.807, 2.05) is 6.92 Å². The number of halogens is 1. The first-order chi connectivity index (χ1) is 7.80. The Bertz CT molecular complexity index is 279. The number of ether oxygens (including phenoxy) is 1. The molecule has 0 aromatic rings. The van der Waals surface area contributed by atoms with Gasteiger partial charge in [0.25, 0.3) is 0 Å². The van der Waals surface area contributed by atoms with Gasteiger partial charge >= 0.3 is 6.09 Å². The summed E-state index contributed by atoms with van der Waals surface area (Å²) in [5, 5.41) is 9.86. The molecule has 1 amide bonds. The molecule has 0 spiro atoms. The standard InChI is InChI=1S/C12H22FNO3/c1-4-5-8-17-10(15)14-7-6-12(3,16)11(2,13)9-14/h16H,4-9H2,1-3H3. The SMILES string of the molecule is CCCCOC(=O)N1CCC(C)(O)C(C)(F)C1. The second-order valence-corrected chi connectivity index (χ2v) is 5.11. The monoisotopic (exact) mass is 247 g/mol. The van der Waals surface area contributed by atoms with Crippen LogP contribution in [0.2, 0.25) is 0 Å². The van der Waals surface area contributed by atoms with Gasteiger partial charge in [-0.2, -0.15) is 0 Å². The molecule has 1 saturated heterocycles. The minimum Gasteiger partial charge on any atom is -0.449 e. The van der Waals surface area contributed by atoms with E-state index in [1.165, 1.54) is 18.7 Å². The molecular weight excluding hydrogens is 225 g/mol. The quantitative estimate of drug-likeness (QED) is 0.777. The maximum atomic E-state index is 14.1. The lowest BCUT2D eigenvalue weighted by Gasteiger charge is -2.44. The van der Waals surface area contributed by atoms with E-state index in [0.29, 0.717) is 13.2 Å². The molecule has 1 rings (SSSR count). The maximum Gasteiger partial charge on any atom is 0.409 e. The third kappa shape index (κ3) is 3.31.